The van der Waals surface area contributed by atoms with Gasteiger partial charge in [-0.2, -0.15) is 0 Å². The lowest BCUT2D eigenvalue weighted by Crippen LogP contribution is -2.41. The molecule has 21 heavy (non-hydrogen) atoms. The summed E-state index contributed by atoms with van der Waals surface area (Å²) in [7, 11) is 1.58. The number of fused-ring (bicyclic) bond motifs is 1. The molecule has 1 aromatic rings. The van der Waals surface area contributed by atoms with Gasteiger partial charge in [-0.1, -0.05) is 28.9 Å². The predicted molar refractivity (Wildman–Crippen MR) is 89.0 cm³/mol. The van der Waals surface area contributed by atoms with Gasteiger partial charge in [0.05, 0.1) is 12.3 Å². The largest absolute Gasteiger partial charge is 0.399 e. The molecule has 0 amide bonds. The van der Waals surface area contributed by atoms with Gasteiger partial charge in [0.1, 0.15) is 7.11 Å². The lowest BCUT2D eigenvalue weighted by Gasteiger charge is -2.34. The van der Waals surface area contributed by atoms with Crippen LogP contribution in [0.25, 0.3) is 0 Å². The van der Waals surface area contributed by atoms with Crippen molar-refractivity contribution >= 4 is 29.2 Å². The van der Waals surface area contributed by atoms with E-state index in [0.717, 1.165) is 43.0 Å². The van der Waals surface area contributed by atoms with Gasteiger partial charge < -0.3 is 4.84 Å². The number of rotatable bonds is 4. The molecular weight excluding hydrogens is 304 g/mol. The van der Waals surface area contributed by atoms with Gasteiger partial charge >= 0.3 is 0 Å². The van der Waals surface area contributed by atoms with Crippen LogP contribution >= 0.6 is 22.9 Å². The van der Waals surface area contributed by atoms with Gasteiger partial charge in [-0.25, -0.2) is 0 Å². The van der Waals surface area contributed by atoms with Crippen LogP contribution in [0, 0.1) is 0 Å². The first kappa shape index (κ1) is 14.8. The number of allylic oxidation sites excluding steroid dienone is 2. The average Bonchev–Trinajstić information content (AvgIpc) is 2.97. The summed E-state index contributed by atoms with van der Waals surface area (Å²) in [6, 6.07) is 2.31. The Kier molecular flexibility index (Phi) is 4.78. The second-order valence-corrected chi connectivity index (χ2v) is 6.67. The minimum Gasteiger partial charge on any atom is -0.399 e. The van der Waals surface area contributed by atoms with Gasteiger partial charge in [0.2, 0.25) is 0 Å². The normalized spacial score (nSPS) is 20.9. The molecule has 0 spiro atoms. The maximum atomic E-state index is 6.42. The van der Waals surface area contributed by atoms with Gasteiger partial charge in [0.25, 0.3) is 0 Å². The smallest absolute Gasteiger partial charge is 0.106 e. The summed E-state index contributed by atoms with van der Waals surface area (Å²) in [5.74, 6) is 0. The molecule has 0 saturated heterocycles. The van der Waals surface area contributed by atoms with Crippen LogP contribution in [-0.2, 0) is 17.8 Å². The van der Waals surface area contributed by atoms with Crippen LogP contribution in [0.4, 0.5) is 0 Å². The maximum absolute atomic E-state index is 6.42. The van der Waals surface area contributed by atoms with E-state index in [9.17, 15) is 0 Å². The summed E-state index contributed by atoms with van der Waals surface area (Å²) in [5, 5.41) is 7.04. The first-order chi connectivity index (χ1) is 10.3. The molecule has 0 bridgehead atoms. The minimum atomic E-state index is 0.0852. The number of nitrogens with zero attached hydrogens (tertiary/aromatic N) is 2. The molecule has 2 heterocycles. The second kappa shape index (κ2) is 6.77. The Morgan fingerprint density at radius 3 is 3.10 bits per heavy atom. The molecule has 0 fully saturated rings. The van der Waals surface area contributed by atoms with E-state index in [1.165, 1.54) is 10.4 Å². The highest BCUT2D eigenvalue weighted by atomic mass is 35.5. The van der Waals surface area contributed by atoms with Crippen LogP contribution in [0.1, 0.15) is 23.3 Å². The van der Waals surface area contributed by atoms with Gasteiger partial charge in [-0.15, -0.1) is 11.3 Å². The third kappa shape index (κ3) is 3.23. The molecule has 1 aliphatic heterocycles. The quantitative estimate of drug-likeness (QED) is 0.619. The molecule has 112 valence electrons. The Morgan fingerprint density at radius 2 is 2.29 bits per heavy atom. The zero-order valence-corrected chi connectivity index (χ0v) is 13.7. The molecule has 0 N–H and O–H groups in total. The van der Waals surface area contributed by atoms with E-state index in [1.807, 2.05) is 17.6 Å². The van der Waals surface area contributed by atoms with E-state index >= 15 is 0 Å². The van der Waals surface area contributed by atoms with Gasteiger partial charge in [-0.3, -0.25) is 4.90 Å². The monoisotopic (exact) mass is 322 g/mol. The van der Waals surface area contributed by atoms with Crippen molar-refractivity contribution in [3.63, 3.8) is 0 Å². The summed E-state index contributed by atoms with van der Waals surface area (Å²) in [6.07, 6.45) is 9.36. The highest BCUT2D eigenvalue weighted by molar-refractivity contribution is 7.10. The van der Waals surface area contributed by atoms with Crippen molar-refractivity contribution in [2.45, 2.75) is 31.8 Å². The molecule has 1 unspecified atom stereocenters. The van der Waals surface area contributed by atoms with Crippen LogP contribution in [0.2, 0.25) is 0 Å². The van der Waals surface area contributed by atoms with Gasteiger partial charge in [0, 0.05) is 23.0 Å². The first-order valence-electron chi connectivity index (χ1n) is 7.21. The van der Waals surface area contributed by atoms with E-state index < -0.39 is 0 Å². The summed E-state index contributed by atoms with van der Waals surface area (Å²) < 4.78 is 0. The van der Waals surface area contributed by atoms with Crippen molar-refractivity contribution < 1.29 is 4.84 Å². The van der Waals surface area contributed by atoms with Crippen LogP contribution in [-0.4, -0.2) is 30.8 Å². The third-order valence-electron chi connectivity index (χ3n) is 3.99. The van der Waals surface area contributed by atoms with Crippen LogP contribution < -0.4 is 0 Å². The summed E-state index contributed by atoms with van der Waals surface area (Å²) in [6.45, 7) is 1.97. The van der Waals surface area contributed by atoms with Crippen molar-refractivity contribution in [2.75, 3.05) is 13.7 Å². The predicted octanol–water partition coefficient (Wildman–Crippen LogP) is 3.95. The van der Waals surface area contributed by atoms with Crippen molar-refractivity contribution in [3.05, 3.63) is 44.6 Å². The van der Waals surface area contributed by atoms with Gasteiger partial charge in [0.15, 0.2) is 0 Å². The third-order valence-corrected chi connectivity index (χ3v) is 5.38. The summed E-state index contributed by atoms with van der Waals surface area (Å²) in [5.41, 5.74) is 2.58. The highest BCUT2D eigenvalue weighted by Crippen LogP contribution is 2.31. The molecule has 0 saturated carbocycles. The Balaban J connectivity index is 1.85. The Hall–Kier alpha value is -1.10. The Morgan fingerprint density at radius 1 is 1.43 bits per heavy atom. The van der Waals surface area contributed by atoms with Crippen LogP contribution in [0.3, 0.4) is 0 Å². The standard InChI is InChI=1S/C16H19ClN2OS/c1-20-18-10-15(13-4-2-3-5-14(13)17)19-8-6-16-12(11-19)7-9-21-16/h4-5,7,9-10,15H,2-3,6,8,11H2,1H3/b18-10+. The molecule has 1 aliphatic carbocycles. The van der Waals surface area contributed by atoms with Crippen molar-refractivity contribution in [3.8, 4) is 0 Å². The molecular formula is C16H19ClN2OS. The molecule has 0 radical (unpaired) electrons. The summed E-state index contributed by atoms with van der Waals surface area (Å²) in [4.78, 5) is 8.83. The fourth-order valence-electron chi connectivity index (χ4n) is 2.92. The number of thiophene rings is 1. The van der Waals surface area contributed by atoms with E-state index in [-0.39, 0.29) is 6.04 Å². The van der Waals surface area contributed by atoms with E-state index in [0.29, 0.717) is 0 Å². The molecule has 0 aromatic carbocycles. The van der Waals surface area contributed by atoms with Gasteiger partial charge in [-0.05, 0) is 41.8 Å². The van der Waals surface area contributed by atoms with E-state index in [2.05, 4.69) is 33.7 Å². The Labute approximate surface area is 134 Å². The highest BCUT2D eigenvalue weighted by Gasteiger charge is 2.27. The second-order valence-electron chi connectivity index (χ2n) is 5.26. The zero-order valence-electron chi connectivity index (χ0n) is 12.1. The van der Waals surface area contributed by atoms with Crippen molar-refractivity contribution in [1.82, 2.24) is 4.90 Å². The number of hydrogen-bond acceptors (Lipinski definition) is 4. The fraction of sp³-hybridized carbons (Fsp3) is 0.438. The lowest BCUT2D eigenvalue weighted by molar-refractivity contribution is 0.205. The average molecular weight is 323 g/mol. The topological polar surface area (TPSA) is 24.8 Å². The number of oxime groups is 1. The van der Waals surface area contributed by atoms with Crippen LogP contribution in [0.15, 0.2) is 39.4 Å². The maximum Gasteiger partial charge on any atom is 0.106 e. The number of halogens is 1. The first-order valence-corrected chi connectivity index (χ1v) is 8.47. The van der Waals surface area contributed by atoms with Crippen molar-refractivity contribution in [2.24, 2.45) is 5.16 Å². The summed E-state index contributed by atoms with van der Waals surface area (Å²) >= 11 is 8.28. The molecule has 5 heteroatoms. The SMILES string of the molecule is CO/N=C/C(C1=CCCC=C1Cl)N1CCc2sccc2C1. The molecule has 3 nitrogen and oxygen atoms in total. The molecule has 3 rings (SSSR count). The molecule has 2 aliphatic rings. The van der Waals surface area contributed by atoms with Crippen molar-refractivity contribution in [1.29, 1.82) is 0 Å². The fourth-order valence-corrected chi connectivity index (χ4v) is 4.11. The van der Waals surface area contributed by atoms with Crippen LogP contribution in [0.5, 0.6) is 0 Å². The minimum absolute atomic E-state index is 0.0852. The van der Waals surface area contributed by atoms with E-state index in [4.69, 9.17) is 16.4 Å². The lowest BCUT2D eigenvalue weighted by atomic mass is 9.97. The zero-order chi connectivity index (χ0) is 14.7. The molecule has 1 atom stereocenters. The Bertz CT molecular complexity index is 591. The molecule has 1 aromatic heterocycles. The number of hydrogen-bond donors (Lipinski definition) is 0. The van der Waals surface area contributed by atoms with E-state index in [1.54, 1.807) is 7.11 Å².